The standard InChI is InChI=1S/C17H20N2O/c1-19-15-9-5-4-8-13(15)14(18-19)10-16(20)17-11-6-2-3-7-12(11)17/h4-5,8-9,11-12,17H,2-3,6-7,10H2,1H3. The number of hydrogen-bond acceptors (Lipinski definition) is 2. The van der Waals surface area contributed by atoms with Gasteiger partial charge in [-0.05, 0) is 30.7 Å². The van der Waals surface area contributed by atoms with Crippen LogP contribution in [0.3, 0.4) is 0 Å². The van der Waals surface area contributed by atoms with Gasteiger partial charge in [0.1, 0.15) is 5.78 Å². The van der Waals surface area contributed by atoms with Gasteiger partial charge in [0.25, 0.3) is 0 Å². The first-order chi connectivity index (χ1) is 9.75. The number of ketones is 1. The Morgan fingerprint density at radius 3 is 2.70 bits per heavy atom. The van der Waals surface area contributed by atoms with E-state index in [1.165, 1.54) is 25.7 Å². The van der Waals surface area contributed by atoms with Crippen LogP contribution in [-0.4, -0.2) is 15.6 Å². The molecule has 3 heteroatoms. The van der Waals surface area contributed by atoms with Crippen LogP contribution in [0.5, 0.6) is 0 Å². The summed E-state index contributed by atoms with van der Waals surface area (Å²) in [7, 11) is 1.95. The Hall–Kier alpha value is -1.64. The third-order valence-corrected chi connectivity index (χ3v) is 5.20. The molecule has 0 amide bonds. The molecule has 2 aliphatic carbocycles. The zero-order chi connectivity index (χ0) is 13.7. The minimum atomic E-state index is 0.346. The number of carbonyl (C=O) groups excluding carboxylic acids is 1. The average Bonchev–Trinajstić information content (AvgIpc) is 3.13. The van der Waals surface area contributed by atoms with Gasteiger partial charge in [0.15, 0.2) is 0 Å². The van der Waals surface area contributed by atoms with Crippen LogP contribution in [-0.2, 0) is 18.3 Å². The molecule has 20 heavy (non-hydrogen) atoms. The van der Waals surface area contributed by atoms with E-state index in [4.69, 9.17) is 0 Å². The molecule has 3 nitrogen and oxygen atoms in total. The van der Waals surface area contributed by atoms with Crippen LogP contribution < -0.4 is 0 Å². The minimum Gasteiger partial charge on any atom is -0.299 e. The molecule has 1 aromatic heterocycles. The van der Waals surface area contributed by atoms with Crippen molar-refractivity contribution < 1.29 is 4.79 Å². The van der Waals surface area contributed by atoms with Crippen LogP contribution in [0.1, 0.15) is 31.4 Å². The van der Waals surface area contributed by atoms with Gasteiger partial charge in [-0.25, -0.2) is 0 Å². The molecule has 4 rings (SSSR count). The van der Waals surface area contributed by atoms with Gasteiger partial charge in [-0.1, -0.05) is 31.0 Å². The summed E-state index contributed by atoms with van der Waals surface area (Å²) in [4.78, 5) is 12.5. The summed E-state index contributed by atoms with van der Waals surface area (Å²) in [5.74, 6) is 2.17. The molecule has 0 spiro atoms. The average molecular weight is 268 g/mol. The predicted octanol–water partition coefficient (Wildman–Crippen LogP) is 3.12. The Labute approximate surface area is 119 Å². The van der Waals surface area contributed by atoms with Crippen molar-refractivity contribution in [2.75, 3.05) is 0 Å². The molecule has 2 saturated carbocycles. The van der Waals surface area contributed by atoms with Crippen LogP contribution in [0, 0.1) is 17.8 Å². The summed E-state index contributed by atoms with van der Waals surface area (Å²) in [6.45, 7) is 0. The zero-order valence-electron chi connectivity index (χ0n) is 11.9. The van der Waals surface area contributed by atoms with Crippen molar-refractivity contribution in [2.45, 2.75) is 32.1 Å². The Kier molecular flexibility index (Phi) is 2.69. The Morgan fingerprint density at radius 1 is 1.25 bits per heavy atom. The number of Topliss-reactive ketones (excluding diaryl/α,β-unsaturated/α-hetero) is 1. The Balaban J connectivity index is 1.57. The van der Waals surface area contributed by atoms with Gasteiger partial charge in [0, 0.05) is 18.4 Å². The van der Waals surface area contributed by atoms with E-state index in [2.05, 4.69) is 17.2 Å². The number of rotatable bonds is 3. The molecule has 0 N–H and O–H groups in total. The molecule has 2 aromatic rings. The van der Waals surface area contributed by atoms with Gasteiger partial charge in [-0.15, -0.1) is 0 Å². The van der Waals surface area contributed by atoms with E-state index >= 15 is 0 Å². The molecule has 0 radical (unpaired) electrons. The van der Waals surface area contributed by atoms with Gasteiger partial charge in [-0.3, -0.25) is 9.48 Å². The second-order valence-corrected chi connectivity index (χ2v) is 6.37. The molecule has 2 atom stereocenters. The summed E-state index contributed by atoms with van der Waals surface area (Å²) in [6, 6.07) is 8.18. The maximum absolute atomic E-state index is 12.5. The molecule has 0 bridgehead atoms. The number of nitrogens with zero attached hydrogens (tertiary/aromatic N) is 2. The van der Waals surface area contributed by atoms with Gasteiger partial charge >= 0.3 is 0 Å². The highest BCUT2D eigenvalue weighted by atomic mass is 16.1. The maximum atomic E-state index is 12.5. The molecule has 1 heterocycles. The van der Waals surface area contributed by atoms with Crippen molar-refractivity contribution in [3.8, 4) is 0 Å². The van der Waals surface area contributed by atoms with Crippen molar-refractivity contribution in [3.05, 3.63) is 30.0 Å². The van der Waals surface area contributed by atoms with Crippen molar-refractivity contribution in [3.63, 3.8) is 0 Å². The lowest BCUT2D eigenvalue weighted by Crippen LogP contribution is -2.08. The summed E-state index contributed by atoms with van der Waals surface area (Å²) in [5.41, 5.74) is 2.07. The second-order valence-electron chi connectivity index (χ2n) is 6.37. The third-order valence-electron chi connectivity index (χ3n) is 5.20. The number of fused-ring (bicyclic) bond motifs is 2. The first-order valence-corrected chi connectivity index (χ1v) is 7.69. The van der Waals surface area contributed by atoms with E-state index in [0.717, 1.165) is 16.6 Å². The normalized spacial score (nSPS) is 28.4. The quantitative estimate of drug-likeness (QED) is 0.857. The van der Waals surface area contributed by atoms with Crippen molar-refractivity contribution >= 4 is 16.7 Å². The number of aromatic nitrogens is 2. The first-order valence-electron chi connectivity index (χ1n) is 7.69. The fraction of sp³-hybridized carbons (Fsp3) is 0.529. The fourth-order valence-electron chi connectivity index (χ4n) is 4.17. The number of hydrogen-bond donors (Lipinski definition) is 0. The van der Waals surface area contributed by atoms with Crippen molar-refractivity contribution in [1.29, 1.82) is 0 Å². The number of benzene rings is 1. The minimum absolute atomic E-state index is 0.346. The number of carbonyl (C=O) groups is 1. The Morgan fingerprint density at radius 2 is 1.95 bits per heavy atom. The molecule has 1 aromatic carbocycles. The second kappa shape index (κ2) is 4.44. The highest BCUT2D eigenvalue weighted by molar-refractivity contribution is 5.91. The molecule has 2 fully saturated rings. The zero-order valence-corrected chi connectivity index (χ0v) is 11.9. The maximum Gasteiger partial charge on any atom is 0.142 e. The van der Waals surface area contributed by atoms with Crippen LogP contribution in [0.2, 0.25) is 0 Å². The predicted molar refractivity (Wildman–Crippen MR) is 78.4 cm³/mol. The molecular formula is C17H20N2O. The lowest BCUT2D eigenvalue weighted by Gasteiger charge is -2.04. The van der Waals surface area contributed by atoms with E-state index in [1.807, 2.05) is 23.9 Å². The largest absolute Gasteiger partial charge is 0.299 e. The van der Waals surface area contributed by atoms with E-state index in [9.17, 15) is 4.79 Å². The molecule has 2 unspecified atom stereocenters. The highest BCUT2D eigenvalue weighted by Gasteiger charge is 2.54. The van der Waals surface area contributed by atoms with E-state index in [-0.39, 0.29) is 0 Å². The Bertz CT molecular complexity index is 661. The number of para-hydroxylation sites is 1. The van der Waals surface area contributed by atoms with Crippen LogP contribution in [0.15, 0.2) is 24.3 Å². The fourth-order valence-corrected chi connectivity index (χ4v) is 4.17. The summed E-state index contributed by atoms with van der Waals surface area (Å²) in [6.07, 6.45) is 5.68. The SMILES string of the molecule is Cn1nc(CC(=O)C2C3CCCCC32)c2ccccc21. The van der Waals surface area contributed by atoms with Crippen LogP contribution in [0.25, 0.3) is 10.9 Å². The van der Waals surface area contributed by atoms with Crippen molar-refractivity contribution in [1.82, 2.24) is 9.78 Å². The lowest BCUT2D eigenvalue weighted by molar-refractivity contribution is -0.120. The molecular weight excluding hydrogens is 248 g/mol. The van der Waals surface area contributed by atoms with Gasteiger partial charge in [0.2, 0.25) is 0 Å². The molecule has 0 saturated heterocycles. The lowest BCUT2D eigenvalue weighted by atomic mass is 10.0. The first kappa shape index (κ1) is 12.1. The van der Waals surface area contributed by atoms with E-state index < -0.39 is 0 Å². The third kappa shape index (κ3) is 1.80. The molecule has 2 aliphatic rings. The molecule has 0 aliphatic heterocycles. The highest BCUT2D eigenvalue weighted by Crippen LogP contribution is 2.56. The van der Waals surface area contributed by atoms with Crippen molar-refractivity contribution in [2.24, 2.45) is 24.8 Å². The topological polar surface area (TPSA) is 34.9 Å². The summed E-state index contributed by atoms with van der Waals surface area (Å²) in [5, 5.41) is 5.68. The van der Waals surface area contributed by atoms with Gasteiger partial charge in [-0.2, -0.15) is 5.10 Å². The summed E-state index contributed by atoms with van der Waals surface area (Å²) < 4.78 is 1.89. The van der Waals surface area contributed by atoms with Gasteiger partial charge < -0.3 is 0 Å². The van der Waals surface area contributed by atoms with E-state index in [1.54, 1.807) is 0 Å². The number of aryl methyl sites for hydroxylation is 1. The van der Waals surface area contributed by atoms with Gasteiger partial charge in [0.05, 0.1) is 17.6 Å². The smallest absolute Gasteiger partial charge is 0.142 e. The summed E-state index contributed by atoms with van der Waals surface area (Å²) >= 11 is 0. The monoisotopic (exact) mass is 268 g/mol. The molecule has 104 valence electrons. The van der Waals surface area contributed by atoms with Crippen LogP contribution >= 0.6 is 0 Å². The van der Waals surface area contributed by atoms with E-state index in [0.29, 0.717) is 30.0 Å². The van der Waals surface area contributed by atoms with Crippen LogP contribution in [0.4, 0.5) is 0 Å².